The Bertz CT molecular complexity index is 383. The molecule has 2 aliphatic rings. The SMILES string of the molecule is NC1[C@@H]2CC[C@H]1CN(c1cnnc(Cl)c1)C2. The van der Waals surface area contributed by atoms with Gasteiger partial charge >= 0.3 is 0 Å². The number of rotatable bonds is 1. The van der Waals surface area contributed by atoms with Gasteiger partial charge in [-0.2, -0.15) is 5.10 Å². The van der Waals surface area contributed by atoms with Gasteiger partial charge in [-0.15, -0.1) is 5.10 Å². The minimum Gasteiger partial charge on any atom is -0.369 e. The van der Waals surface area contributed by atoms with Crippen molar-refractivity contribution in [3.63, 3.8) is 0 Å². The van der Waals surface area contributed by atoms with Crippen molar-refractivity contribution in [1.82, 2.24) is 10.2 Å². The fourth-order valence-corrected chi connectivity index (χ4v) is 3.14. The van der Waals surface area contributed by atoms with Crippen LogP contribution in [0.1, 0.15) is 12.8 Å². The summed E-state index contributed by atoms with van der Waals surface area (Å²) >= 11 is 5.86. The van der Waals surface area contributed by atoms with Crippen LogP contribution in [0.5, 0.6) is 0 Å². The molecule has 0 spiro atoms. The van der Waals surface area contributed by atoms with Gasteiger partial charge in [0.25, 0.3) is 0 Å². The number of fused-ring (bicyclic) bond motifs is 2. The summed E-state index contributed by atoms with van der Waals surface area (Å²) in [7, 11) is 0. The van der Waals surface area contributed by atoms with Crippen LogP contribution in [-0.4, -0.2) is 29.3 Å². The van der Waals surface area contributed by atoms with E-state index in [4.69, 9.17) is 17.3 Å². The van der Waals surface area contributed by atoms with Crippen LogP contribution in [0.15, 0.2) is 12.3 Å². The molecule has 4 nitrogen and oxygen atoms in total. The minimum atomic E-state index is 0.390. The molecule has 0 amide bonds. The molecule has 1 aliphatic heterocycles. The van der Waals surface area contributed by atoms with Crippen LogP contribution < -0.4 is 10.6 Å². The first kappa shape index (κ1) is 10.3. The van der Waals surface area contributed by atoms with Crippen LogP contribution >= 0.6 is 11.6 Å². The van der Waals surface area contributed by atoms with E-state index in [1.165, 1.54) is 12.8 Å². The van der Waals surface area contributed by atoms with Gasteiger partial charge in [0.1, 0.15) is 0 Å². The van der Waals surface area contributed by atoms with Crippen LogP contribution in [0.2, 0.25) is 5.15 Å². The zero-order chi connectivity index (χ0) is 11.1. The molecule has 2 fully saturated rings. The number of anilines is 1. The smallest absolute Gasteiger partial charge is 0.153 e. The Labute approximate surface area is 99.8 Å². The maximum absolute atomic E-state index is 6.17. The molecule has 16 heavy (non-hydrogen) atoms. The van der Waals surface area contributed by atoms with Crippen LogP contribution in [-0.2, 0) is 0 Å². The van der Waals surface area contributed by atoms with Crippen LogP contribution in [0.25, 0.3) is 0 Å². The number of halogens is 1. The molecule has 1 saturated heterocycles. The lowest BCUT2D eigenvalue weighted by atomic mass is 9.93. The van der Waals surface area contributed by atoms with Gasteiger partial charge in [-0.25, -0.2) is 0 Å². The lowest BCUT2D eigenvalue weighted by Crippen LogP contribution is -2.48. The number of hydrogen-bond donors (Lipinski definition) is 1. The van der Waals surface area contributed by atoms with Crippen molar-refractivity contribution < 1.29 is 0 Å². The summed E-state index contributed by atoms with van der Waals surface area (Å²) in [5.74, 6) is 1.26. The predicted molar refractivity (Wildman–Crippen MR) is 63.4 cm³/mol. The third-order valence-electron chi connectivity index (χ3n) is 3.88. The van der Waals surface area contributed by atoms with E-state index in [-0.39, 0.29) is 0 Å². The molecule has 1 saturated carbocycles. The highest BCUT2D eigenvalue weighted by atomic mass is 35.5. The zero-order valence-corrected chi connectivity index (χ0v) is 9.77. The highest BCUT2D eigenvalue weighted by Crippen LogP contribution is 2.37. The molecular weight excluding hydrogens is 224 g/mol. The molecular formula is C11H15ClN4. The maximum atomic E-state index is 6.17. The van der Waals surface area contributed by atoms with Crippen molar-refractivity contribution in [2.75, 3.05) is 18.0 Å². The average Bonchev–Trinajstić information content (AvgIpc) is 2.53. The number of hydrogen-bond acceptors (Lipinski definition) is 4. The van der Waals surface area contributed by atoms with Gasteiger partial charge in [-0.1, -0.05) is 11.6 Å². The normalized spacial score (nSPS) is 33.1. The Balaban J connectivity index is 1.83. The Hall–Kier alpha value is -0.870. The Kier molecular flexibility index (Phi) is 2.48. The molecule has 3 atom stereocenters. The first-order valence-electron chi connectivity index (χ1n) is 5.73. The molecule has 1 aromatic rings. The summed E-state index contributed by atoms with van der Waals surface area (Å²) in [5, 5.41) is 8.12. The van der Waals surface area contributed by atoms with E-state index in [1.807, 2.05) is 6.07 Å². The zero-order valence-electron chi connectivity index (χ0n) is 9.01. The molecule has 2 heterocycles. The second-order valence-corrected chi connectivity index (χ2v) is 5.20. The minimum absolute atomic E-state index is 0.390. The number of piperidine rings is 1. The summed E-state index contributed by atoms with van der Waals surface area (Å²) in [4.78, 5) is 2.34. The first-order valence-corrected chi connectivity index (χ1v) is 6.10. The summed E-state index contributed by atoms with van der Waals surface area (Å²) in [6.45, 7) is 2.05. The van der Waals surface area contributed by atoms with Crippen molar-refractivity contribution >= 4 is 17.3 Å². The van der Waals surface area contributed by atoms with E-state index < -0.39 is 0 Å². The first-order chi connectivity index (χ1) is 7.74. The van der Waals surface area contributed by atoms with E-state index in [1.54, 1.807) is 6.20 Å². The van der Waals surface area contributed by atoms with Crippen LogP contribution in [0.3, 0.4) is 0 Å². The lowest BCUT2D eigenvalue weighted by Gasteiger charge is -2.37. The Morgan fingerprint density at radius 2 is 2.00 bits per heavy atom. The lowest BCUT2D eigenvalue weighted by molar-refractivity contribution is 0.356. The van der Waals surface area contributed by atoms with Crippen LogP contribution in [0, 0.1) is 11.8 Å². The molecule has 0 aromatic carbocycles. The fraction of sp³-hybridized carbons (Fsp3) is 0.636. The van der Waals surface area contributed by atoms with E-state index in [2.05, 4.69) is 15.1 Å². The molecule has 2 N–H and O–H groups in total. The van der Waals surface area contributed by atoms with Crippen molar-refractivity contribution in [2.24, 2.45) is 17.6 Å². The highest BCUT2D eigenvalue weighted by Gasteiger charge is 2.39. The van der Waals surface area contributed by atoms with Crippen molar-refractivity contribution in [2.45, 2.75) is 18.9 Å². The summed E-state index contributed by atoms with van der Waals surface area (Å²) in [6, 6.07) is 2.27. The molecule has 2 bridgehead atoms. The molecule has 1 unspecified atom stereocenters. The molecule has 3 rings (SSSR count). The number of nitrogens with zero attached hydrogens (tertiary/aromatic N) is 3. The van der Waals surface area contributed by atoms with Crippen molar-refractivity contribution in [1.29, 1.82) is 0 Å². The van der Waals surface area contributed by atoms with Gasteiger partial charge in [0.2, 0.25) is 0 Å². The highest BCUT2D eigenvalue weighted by molar-refractivity contribution is 6.29. The Morgan fingerprint density at radius 3 is 2.62 bits per heavy atom. The van der Waals surface area contributed by atoms with Crippen molar-refractivity contribution in [3.8, 4) is 0 Å². The topological polar surface area (TPSA) is 55.0 Å². The second-order valence-electron chi connectivity index (χ2n) is 4.82. The van der Waals surface area contributed by atoms with Gasteiger partial charge in [0, 0.05) is 25.2 Å². The molecule has 1 aliphatic carbocycles. The monoisotopic (exact) mass is 238 g/mol. The largest absolute Gasteiger partial charge is 0.369 e. The summed E-state index contributed by atoms with van der Waals surface area (Å²) in [6.07, 6.45) is 4.30. The van der Waals surface area contributed by atoms with Gasteiger partial charge in [0.15, 0.2) is 5.15 Å². The van der Waals surface area contributed by atoms with E-state index >= 15 is 0 Å². The third-order valence-corrected chi connectivity index (χ3v) is 4.07. The third kappa shape index (κ3) is 1.66. The van der Waals surface area contributed by atoms with Crippen LogP contribution in [0.4, 0.5) is 5.69 Å². The summed E-state index contributed by atoms with van der Waals surface area (Å²) in [5.41, 5.74) is 7.25. The second kappa shape index (κ2) is 3.86. The summed E-state index contributed by atoms with van der Waals surface area (Å²) < 4.78 is 0. The quantitative estimate of drug-likeness (QED) is 0.802. The van der Waals surface area contributed by atoms with E-state index in [9.17, 15) is 0 Å². The molecule has 5 heteroatoms. The number of aromatic nitrogens is 2. The standard InChI is InChI=1S/C11H15ClN4/c12-10-3-9(4-14-15-10)16-5-7-1-2-8(6-16)11(7)13/h3-4,7-8,11H,1-2,5-6,13H2/t7-,8+,11?. The average molecular weight is 239 g/mol. The molecule has 86 valence electrons. The predicted octanol–water partition coefficient (Wildman–Crippen LogP) is 1.30. The van der Waals surface area contributed by atoms with Crippen molar-refractivity contribution in [3.05, 3.63) is 17.4 Å². The van der Waals surface area contributed by atoms with Gasteiger partial charge in [-0.05, 0) is 24.7 Å². The van der Waals surface area contributed by atoms with E-state index in [0.29, 0.717) is 23.0 Å². The molecule has 0 radical (unpaired) electrons. The Morgan fingerprint density at radius 1 is 1.31 bits per heavy atom. The van der Waals surface area contributed by atoms with E-state index in [0.717, 1.165) is 18.8 Å². The van der Waals surface area contributed by atoms with Gasteiger partial charge < -0.3 is 10.6 Å². The fourth-order valence-electron chi connectivity index (χ4n) is 2.98. The number of nitrogens with two attached hydrogens (primary N) is 1. The van der Waals surface area contributed by atoms with Gasteiger partial charge in [-0.3, -0.25) is 0 Å². The van der Waals surface area contributed by atoms with Gasteiger partial charge in [0.05, 0.1) is 11.9 Å². The molecule has 1 aromatic heterocycles. The maximum Gasteiger partial charge on any atom is 0.153 e.